The number of amides is 1. The minimum Gasteiger partial charge on any atom is -0.392 e. The lowest BCUT2D eigenvalue weighted by Crippen LogP contribution is -2.50. The number of hydrogen-bond acceptors (Lipinski definition) is 4. The van der Waals surface area contributed by atoms with Crippen LogP contribution in [-0.2, 0) is 14.8 Å². The second-order valence-electron chi connectivity index (χ2n) is 4.82. The summed E-state index contributed by atoms with van der Waals surface area (Å²) < 4.78 is 22.3. The van der Waals surface area contributed by atoms with Crippen LogP contribution in [0.15, 0.2) is 29.2 Å². The van der Waals surface area contributed by atoms with Crippen LogP contribution in [0.2, 0.25) is 0 Å². The van der Waals surface area contributed by atoms with Crippen molar-refractivity contribution in [3.63, 3.8) is 0 Å². The first-order valence-electron chi connectivity index (χ1n) is 6.00. The van der Waals surface area contributed by atoms with Crippen molar-refractivity contribution in [1.29, 1.82) is 0 Å². The summed E-state index contributed by atoms with van der Waals surface area (Å²) in [5.74, 6) is -0.250. The molecule has 0 atom stereocenters. The molecule has 0 unspecified atom stereocenters. The molecule has 1 amide bonds. The zero-order valence-corrected chi connectivity index (χ0v) is 12.3. The minimum atomic E-state index is -3.74. The number of carbonyl (C=O) groups is 1. The second-order valence-corrected chi connectivity index (χ2v) is 6.82. The molecule has 6 nitrogen and oxygen atoms in total. The first-order chi connectivity index (χ1) is 9.25. The summed E-state index contributed by atoms with van der Waals surface area (Å²) in [6.45, 7) is 0. The third kappa shape index (κ3) is 2.67. The van der Waals surface area contributed by atoms with Gasteiger partial charge in [-0.15, -0.1) is 0 Å². The zero-order valence-electron chi connectivity index (χ0n) is 10.6. The first kappa shape index (κ1) is 14.9. The molecule has 1 aromatic rings. The number of primary sulfonamides is 1. The summed E-state index contributed by atoms with van der Waals surface area (Å²) >= 11 is 4.96. The molecule has 0 aliphatic heterocycles. The Balaban J connectivity index is 2.15. The Bertz CT molecular complexity index is 649. The molecular formula is C12H15N3O3S2. The smallest absolute Gasteiger partial charge is 0.238 e. The average Bonchev–Trinajstić information content (AvgIpc) is 2.26. The van der Waals surface area contributed by atoms with Gasteiger partial charge in [0.25, 0.3) is 0 Å². The lowest BCUT2D eigenvalue weighted by Gasteiger charge is -2.39. The molecule has 1 saturated carbocycles. The van der Waals surface area contributed by atoms with Gasteiger partial charge >= 0.3 is 0 Å². The fourth-order valence-corrected chi connectivity index (χ4v) is 2.91. The number of benzene rings is 1. The van der Waals surface area contributed by atoms with Crippen molar-refractivity contribution in [2.24, 2.45) is 16.3 Å². The van der Waals surface area contributed by atoms with E-state index in [1.165, 1.54) is 24.3 Å². The number of hydrogen-bond donors (Lipinski definition) is 3. The molecule has 108 valence electrons. The van der Waals surface area contributed by atoms with Gasteiger partial charge in [0.15, 0.2) is 0 Å². The molecule has 0 heterocycles. The number of nitrogens with two attached hydrogens (primary N) is 2. The minimum absolute atomic E-state index is 0.0109. The maximum Gasteiger partial charge on any atom is 0.238 e. The number of sulfonamides is 1. The van der Waals surface area contributed by atoms with Crippen LogP contribution in [0.4, 0.5) is 5.69 Å². The van der Waals surface area contributed by atoms with E-state index < -0.39 is 15.4 Å². The van der Waals surface area contributed by atoms with E-state index >= 15 is 0 Å². The second kappa shape index (κ2) is 5.12. The van der Waals surface area contributed by atoms with Crippen molar-refractivity contribution in [2.75, 3.05) is 5.32 Å². The molecule has 20 heavy (non-hydrogen) atoms. The van der Waals surface area contributed by atoms with Crippen LogP contribution in [0.25, 0.3) is 0 Å². The van der Waals surface area contributed by atoms with Gasteiger partial charge < -0.3 is 11.1 Å². The molecule has 0 spiro atoms. The number of rotatable bonds is 4. The Morgan fingerprint density at radius 3 is 2.15 bits per heavy atom. The monoisotopic (exact) mass is 313 g/mol. The Morgan fingerprint density at radius 1 is 1.25 bits per heavy atom. The van der Waals surface area contributed by atoms with Crippen LogP contribution in [0, 0.1) is 5.41 Å². The maximum atomic E-state index is 12.2. The summed E-state index contributed by atoms with van der Waals surface area (Å²) in [4.78, 5) is 12.4. The van der Waals surface area contributed by atoms with E-state index in [2.05, 4.69) is 5.32 Å². The molecule has 0 radical (unpaired) electrons. The van der Waals surface area contributed by atoms with Crippen LogP contribution in [0.5, 0.6) is 0 Å². The fraction of sp³-hybridized carbons (Fsp3) is 0.333. The topological polar surface area (TPSA) is 115 Å². The highest BCUT2D eigenvalue weighted by molar-refractivity contribution is 7.89. The maximum absolute atomic E-state index is 12.2. The molecule has 5 N–H and O–H groups in total. The van der Waals surface area contributed by atoms with Crippen LogP contribution in [0.1, 0.15) is 19.3 Å². The number of carbonyl (C=O) groups excluding carboxylic acids is 1. The standard InChI is InChI=1S/C12H15N3O3S2/c13-10(19)12(6-1-7-12)11(16)15-8-2-4-9(5-3-8)20(14,17)18/h2-5H,1,6-7H2,(H2,13,19)(H,15,16)(H2,14,17,18). The molecule has 0 aromatic heterocycles. The lowest BCUT2D eigenvalue weighted by atomic mass is 9.68. The van der Waals surface area contributed by atoms with Crippen molar-refractivity contribution in [1.82, 2.24) is 0 Å². The third-order valence-corrected chi connectivity index (χ3v) is 4.87. The van der Waals surface area contributed by atoms with E-state index in [0.717, 1.165) is 6.42 Å². The molecule has 8 heteroatoms. The Labute approximate surface area is 122 Å². The van der Waals surface area contributed by atoms with E-state index in [1.54, 1.807) is 0 Å². The molecule has 1 aliphatic rings. The highest BCUT2D eigenvalue weighted by Crippen LogP contribution is 2.42. The molecule has 0 saturated heterocycles. The van der Waals surface area contributed by atoms with Gasteiger partial charge in [-0.05, 0) is 37.1 Å². The summed E-state index contributed by atoms with van der Waals surface area (Å²) in [6.07, 6.45) is 2.20. The SMILES string of the molecule is NC(=S)C1(C(=O)Nc2ccc(S(N)(=O)=O)cc2)CCC1. The summed E-state index contributed by atoms with van der Waals surface area (Å²) in [5, 5.41) is 7.70. The molecular weight excluding hydrogens is 298 g/mol. The summed E-state index contributed by atoms with van der Waals surface area (Å²) in [5.41, 5.74) is 5.35. The summed E-state index contributed by atoms with van der Waals surface area (Å²) in [7, 11) is -3.74. The highest BCUT2D eigenvalue weighted by atomic mass is 32.2. The molecule has 2 rings (SSSR count). The van der Waals surface area contributed by atoms with Gasteiger partial charge in [0.1, 0.15) is 0 Å². The normalized spacial score (nSPS) is 17.1. The van der Waals surface area contributed by atoms with Gasteiger partial charge in [-0.3, -0.25) is 4.79 Å². The third-order valence-electron chi connectivity index (χ3n) is 3.55. The Hall–Kier alpha value is -1.51. The molecule has 1 fully saturated rings. The van der Waals surface area contributed by atoms with E-state index in [1.807, 2.05) is 0 Å². The van der Waals surface area contributed by atoms with Crippen molar-refractivity contribution in [2.45, 2.75) is 24.2 Å². The predicted molar refractivity (Wildman–Crippen MR) is 79.5 cm³/mol. The molecule has 1 aromatic carbocycles. The molecule has 1 aliphatic carbocycles. The summed E-state index contributed by atoms with van der Waals surface area (Å²) in [6, 6.07) is 5.62. The van der Waals surface area contributed by atoms with Crippen molar-refractivity contribution >= 4 is 38.8 Å². The number of anilines is 1. The first-order valence-corrected chi connectivity index (χ1v) is 7.95. The van der Waals surface area contributed by atoms with Crippen molar-refractivity contribution in [3.8, 4) is 0 Å². The van der Waals surface area contributed by atoms with Crippen LogP contribution in [-0.4, -0.2) is 19.3 Å². The van der Waals surface area contributed by atoms with Crippen molar-refractivity contribution < 1.29 is 13.2 Å². The van der Waals surface area contributed by atoms with Crippen LogP contribution >= 0.6 is 12.2 Å². The average molecular weight is 313 g/mol. The van der Waals surface area contributed by atoms with E-state index in [9.17, 15) is 13.2 Å². The van der Waals surface area contributed by atoms with Gasteiger partial charge in [-0.1, -0.05) is 18.6 Å². The van der Waals surface area contributed by atoms with Gasteiger partial charge in [-0.25, -0.2) is 13.6 Å². The number of thiocarbonyl (C=S) groups is 1. The largest absolute Gasteiger partial charge is 0.392 e. The van der Waals surface area contributed by atoms with Gasteiger partial charge in [-0.2, -0.15) is 0 Å². The van der Waals surface area contributed by atoms with E-state index in [0.29, 0.717) is 18.5 Å². The predicted octanol–water partition coefficient (Wildman–Crippen LogP) is 0.729. The van der Waals surface area contributed by atoms with Gasteiger partial charge in [0.05, 0.1) is 15.3 Å². The van der Waals surface area contributed by atoms with E-state index in [-0.39, 0.29) is 15.8 Å². The Morgan fingerprint density at radius 2 is 1.80 bits per heavy atom. The van der Waals surface area contributed by atoms with Gasteiger partial charge in [0, 0.05) is 5.69 Å². The molecule has 0 bridgehead atoms. The quantitative estimate of drug-likeness (QED) is 0.709. The zero-order chi connectivity index (χ0) is 15.0. The lowest BCUT2D eigenvalue weighted by molar-refractivity contribution is -0.125. The van der Waals surface area contributed by atoms with Crippen LogP contribution < -0.4 is 16.2 Å². The van der Waals surface area contributed by atoms with Gasteiger partial charge in [0.2, 0.25) is 15.9 Å². The number of nitrogens with one attached hydrogen (secondary N) is 1. The van der Waals surface area contributed by atoms with Crippen LogP contribution in [0.3, 0.4) is 0 Å². The Kier molecular flexibility index (Phi) is 3.81. The fourth-order valence-electron chi connectivity index (χ4n) is 2.09. The highest BCUT2D eigenvalue weighted by Gasteiger charge is 2.46. The van der Waals surface area contributed by atoms with E-state index in [4.69, 9.17) is 23.1 Å². The van der Waals surface area contributed by atoms with Crippen molar-refractivity contribution in [3.05, 3.63) is 24.3 Å².